The molecule has 6 heteroatoms. The Kier molecular flexibility index (Phi) is 6.77. The average molecular weight is 456 g/mol. The highest BCUT2D eigenvalue weighted by Crippen LogP contribution is 2.35. The van der Waals surface area contributed by atoms with Gasteiger partial charge in [0.1, 0.15) is 0 Å². The highest BCUT2D eigenvalue weighted by Gasteiger charge is 2.35. The summed E-state index contributed by atoms with van der Waals surface area (Å²) in [5.41, 5.74) is 3.40. The Hall–Kier alpha value is -2.18. The predicted octanol–water partition coefficient (Wildman–Crippen LogP) is 5.27. The number of likely N-dealkylation sites (tertiary alicyclic amines) is 1. The van der Waals surface area contributed by atoms with E-state index >= 15 is 0 Å². The summed E-state index contributed by atoms with van der Waals surface area (Å²) in [6, 6.07) is 24.9. The molecular formula is C25H26ClNO3S. The Morgan fingerprint density at radius 1 is 0.935 bits per heavy atom. The Labute approximate surface area is 189 Å². The van der Waals surface area contributed by atoms with Crippen molar-refractivity contribution in [2.75, 3.05) is 19.7 Å². The Morgan fingerprint density at radius 3 is 2.29 bits per heavy atom. The van der Waals surface area contributed by atoms with Gasteiger partial charge >= 0.3 is 0 Å². The summed E-state index contributed by atoms with van der Waals surface area (Å²) in [6.45, 7) is 4.51. The molecule has 1 aliphatic rings. The van der Waals surface area contributed by atoms with E-state index in [1.54, 1.807) is 24.3 Å². The van der Waals surface area contributed by atoms with Crippen LogP contribution in [0.25, 0.3) is 0 Å². The number of rotatable bonds is 7. The fourth-order valence-corrected chi connectivity index (χ4v) is 5.22. The van der Waals surface area contributed by atoms with Gasteiger partial charge in [0.15, 0.2) is 0 Å². The molecule has 4 nitrogen and oxygen atoms in total. The molecule has 0 saturated carbocycles. The molecule has 0 N–H and O–H groups in total. The van der Waals surface area contributed by atoms with Gasteiger partial charge in [-0.05, 0) is 42.3 Å². The van der Waals surface area contributed by atoms with E-state index in [4.69, 9.17) is 15.8 Å². The zero-order valence-electron chi connectivity index (χ0n) is 17.4. The maximum absolute atomic E-state index is 12.7. The highest BCUT2D eigenvalue weighted by molar-refractivity contribution is 7.86. The minimum absolute atomic E-state index is 0.0603. The first-order chi connectivity index (χ1) is 14.9. The molecule has 0 bridgehead atoms. The number of halogens is 1. The van der Waals surface area contributed by atoms with E-state index in [1.807, 2.05) is 49.4 Å². The van der Waals surface area contributed by atoms with Crippen LogP contribution in [-0.2, 0) is 20.8 Å². The van der Waals surface area contributed by atoms with Crippen LogP contribution in [-0.4, -0.2) is 33.0 Å². The van der Waals surface area contributed by atoms with Gasteiger partial charge in [-0.15, -0.1) is 0 Å². The molecule has 3 aromatic carbocycles. The molecule has 162 valence electrons. The molecule has 1 fully saturated rings. The van der Waals surface area contributed by atoms with Gasteiger partial charge in [-0.1, -0.05) is 71.8 Å². The fourth-order valence-electron chi connectivity index (χ4n) is 4.14. The van der Waals surface area contributed by atoms with Gasteiger partial charge in [-0.3, -0.25) is 9.08 Å². The van der Waals surface area contributed by atoms with Crippen LogP contribution in [0.3, 0.4) is 0 Å². The molecule has 2 atom stereocenters. The van der Waals surface area contributed by atoms with E-state index in [0.717, 1.165) is 30.8 Å². The van der Waals surface area contributed by atoms with Crippen molar-refractivity contribution in [2.24, 2.45) is 5.92 Å². The third-order valence-electron chi connectivity index (χ3n) is 5.81. The van der Waals surface area contributed by atoms with Gasteiger partial charge in [-0.2, -0.15) is 8.42 Å². The molecule has 0 aromatic heterocycles. The minimum Gasteiger partial charge on any atom is -0.298 e. The van der Waals surface area contributed by atoms with E-state index in [0.29, 0.717) is 5.02 Å². The first-order valence-electron chi connectivity index (χ1n) is 10.4. The van der Waals surface area contributed by atoms with Crippen LogP contribution >= 0.6 is 11.6 Å². The molecule has 1 heterocycles. The second-order valence-electron chi connectivity index (χ2n) is 8.15. The van der Waals surface area contributed by atoms with Crippen molar-refractivity contribution in [3.05, 3.63) is 101 Å². The van der Waals surface area contributed by atoms with Crippen molar-refractivity contribution < 1.29 is 12.6 Å². The number of benzene rings is 3. The Morgan fingerprint density at radius 2 is 1.61 bits per heavy atom. The normalized spacial score (nSPS) is 19.5. The van der Waals surface area contributed by atoms with Gasteiger partial charge in [0.05, 0.1) is 11.5 Å². The monoisotopic (exact) mass is 455 g/mol. The minimum atomic E-state index is -3.79. The topological polar surface area (TPSA) is 46.6 Å². The third kappa shape index (κ3) is 5.55. The van der Waals surface area contributed by atoms with Crippen molar-refractivity contribution in [3.63, 3.8) is 0 Å². The van der Waals surface area contributed by atoms with Crippen molar-refractivity contribution in [1.29, 1.82) is 0 Å². The summed E-state index contributed by atoms with van der Waals surface area (Å²) in [5, 5.41) is 0.692. The van der Waals surface area contributed by atoms with E-state index in [2.05, 4.69) is 17.0 Å². The number of hydrogen-bond acceptors (Lipinski definition) is 4. The molecular weight excluding hydrogens is 430 g/mol. The van der Waals surface area contributed by atoms with Crippen LogP contribution in [0, 0.1) is 12.8 Å². The van der Waals surface area contributed by atoms with Gasteiger partial charge in [-0.25, -0.2) is 0 Å². The van der Waals surface area contributed by atoms with E-state index < -0.39 is 10.1 Å². The van der Waals surface area contributed by atoms with Crippen LogP contribution in [0.5, 0.6) is 0 Å². The van der Waals surface area contributed by atoms with Crippen LogP contribution in [0.15, 0.2) is 83.8 Å². The first kappa shape index (κ1) is 22.0. The highest BCUT2D eigenvalue weighted by atomic mass is 35.5. The molecule has 1 aliphatic heterocycles. The quantitative estimate of drug-likeness (QED) is 0.455. The molecule has 31 heavy (non-hydrogen) atoms. The third-order valence-corrected chi connectivity index (χ3v) is 7.36. The van der Waals surface area contributed by atoms with Crippen LogP contribution in [0.2, 0.25) is 5.02 Å². The summed E-state index contributed by atoms with van der Waals surface area (Å²) >= 11 is 6.08. The van der Waals surface area contributed by atoms with Gasteiger partial charge in [0.25, 0.3) is 10.1 Å². The molecule has 0 amide bonds. The van der Waals surface area contributed by atoms with Crippen molar-refractivity contribution >= 4 is 21.7 Å². The molecule has 4 rings (SSSR count). The van der Waals surface area contributed by atoms with Crippen LogP contribution in [0.4, 0.5) is 0 Å². The molecule has 1 saturated heterocycles. The Balaban J connectivity index is 1.50. The zero-order chi connectivity index (χ0) is 21.8. The second kappa shape index (κ2) is 9.53. The van der Waals surface area contributed by atoms with Crippen molar-refractivity contribution in [1.82, 2.24) is 4.90 Å². The summed E-state index contributed by atoms with van der Waals surface area (Å²) in [5.74, 6) is 0.235. The smallest absolute Gasteiger partial charge is 0.296 e. The molecule has 0 aliphatic carbocycles. The molecule has 0 unspecified atom stereocenters. The second-order valence-corrected chi connectivity index (χ2v) is 10.2. The Bertz CT molecular complexity index is 1100. The molecule has 0 spiro atoms. The summed E-state index contributed by atoms with van der Waals surface area (Å²) in [7, 11) is -3.79. The van der Waals surface area contributed by atoms with Gasteiger partial charge in [0, 0.05) is 36.5 Å². The SMILES string of the molecule is Cc1ccc(S(=O)(=O)OC[C@H]2CN(Cc3ccccc3)C[C@@H]2c2ccc(Cl)cc2)cc1. The van der Waals surface area contributed by atoms with Crippen molar-refractivity contribution in [2.45, 2.75) is 24.3 Å². The number of nitrogens with zero attached hydrogens (tertiary/aromatic N) is 1. The molecule has 3 aromatic rings. The summed E-state index contributed by atoms with van der Waals surface area (Å²) in [4.78, 5) is 2.56. The zero-order valence-corrected chi connectivity index (χ0v) is 19.0. The largest absolute Gasteiger partial charge is 0.298 e. The maximum Gasteiger partial charge on any atom is 0.296 e. The van der Waals surface area contributed by atoms with Crippen molar-refractivity contribution in [3.8, 4) is 0 Å². The van der Waals surface area contributed by atoms with Crippen LogP contribution in [0.1, 0.15) is 22.6 Å². The predicted molar refractivity (Wildman–Crippen MR) is 124 cm³/mol. The number of hydrogen-bond donors (Lipinski definition) is 0. The summed E-state index contributed by atoms with van der Waals surface area (Å²) in [6.07, 6.45) is 0. The lowest BCUT2D eigenvalue weighted by atomic mass is 9.90. The lowest BCUT2D eigenvalue weighted by Crippen LogP contribution is -2.22. The maximum atomic E-state index is 12.7. The standard InChI is InChI=1S/C25H26ClNO3S/c1-19-7-13-24(14-8-19)31(28,29)30-18-22-16-27(15-20-5-3-2-4-6-20)17-25(22)21-9-11-23(26)12-10-21/h2-14,22,25H,15-18H2,1H3/t22-,25-/m1/s1. The lowest BCUT2D eigenvalue weighted by molar-refractivity contribution is 0.237. The van der Waals surface area contributed by atoms with E-state index in [9.17, 15) is 8.42 Å². The lowest BCUT2D eigenvalue weighted by Gasteiger charge is -2.19. The average Bonchev–Trinajstić information content (AvgIpc) is 3.16. The van der Waals surface area contributed by atoms with Gasteiger partial charge in [0.2, 0.25) is 0 Å². The molecule has 0 radical (unpaired) electrons. The van der Waals surface area contributed by atoms with E-state index in [1.165, 1.54) is 5.56 Å². The first-order valence-corrected chi connectivity index (χ1v) is 12.2. The summed E-state index contributed by atoms with van der Waals surface area (Å²) < 4.78 is 30.9. The van der Waals surface area contributed by atoms with Crippen LogP contribution < -0.4 is 0 Å². The fraction of sp³-hybridized carbons (Fsp3) is 0.280. The van der Waals surface area contributed by atoms with Gasteiger partial charge < -0.3 is 0 Å². The number of aryl methyl sites for hydroxylation is 1. The van der Waals surface area contributed by atoms with E-state index in [-0.39, 0.29) is 23.3 Å².